The zero-order chi connectivity index (χ0) is 21.3. The van der Waals surface area contributed by atoms with Crippen LogP contribution in [0.25, 0.3) is 11.3 Å². The second-order valence-electron chi connectivity index (χ2n) is 7.09. The normalized spacial score (nSPS) is 13.6. The summed E-state index contributed by atoms with van der Waals surface area (Å²) in [6.45, 7) is 0. The van der Waals surface area contributed by atoms with Crippen LogP contribution >= 0.6 is 0 Å². The number of nitrogens with one attached hydrogen (secondary N) is 1. The number of hydrogen-bond acceptors (Lipinski definition) is 4. The Balaban J connectivity index is 1.53. The Labute approximate surface area is 170 Å². The van der Waals surface area contributed by atoms with Crippen LogP contribution in [0.5, 0.6) is 5.75 Å². The molecule has 1 aliphatic rings. The van der Waals surface area contributed by atoms with Crippen LogP contribution < -0.4 is 10.1 Å². The number of aryl methyl sites for hydroxylation is 1. The van der Waals surface area contributed by atoms with Crippen LogP contribution in [0.2, 0.25) is 0 Å². The van der Waals surface area contributed by atoms with E-state index in [4.69, 9.17) is 9.26 Å². The standard InChI is InChI=1S/C22H19F3N2O3/c1-29-19-11-8-14(12-17(19)22(23,24)25)21(28)26-15-9-6-13(7-10-15)20-16-4-2-3-5-18(16)27-30-20/h6-12H,2-5H2,1H3,(H,26,28). The Morgan fingerprint density at radius 3 is 2.53 bits per heavy atom. The minimum absolute atomic E-state index is 0.114. The molecule has 1 N–H and O–H groups in total. The number of nitrogens with zero attached hydrogens (tertiary/aromatic N) is 1. The van der Waals surface area contributed by atoms with Gasteiger partial charge in [0.05, 0.1) is 18.4 Å². The molecule has 1 amide bonds. The monoisotopic (exact) mass is 416 g/mol. The van der Waals surface area contributed by atoms with Crippen molar-refractivity contribution in [2.75, 3.05) is 12.4 Å². The Hall–Kier alpha value is -3.29. The van der Waals surface area contributed by atoms with E-state index >= 15 is 0 Å². The van der Waals surface area contributed by atoms with Crippen molar-refractivity contribution < 1.29 is 27.2 Å². The highest BCUT2D eigenvalue weighted by atomic mass is 19.4. The molecule has 0 saturated carbocycles. The molecule has 0 fully saturated rings. The van der Waals surface area contributed by atoms with Gasteiger partial charge in [-0.3, -0.25) is 4.79 Å². The van der Waals surface area contributed by atoms with Crippen molar-refractivity contribution in [3.63, 3.8) is 0 Å². The predicted molar refractivity (Wildman–Crippen MR) is 105 cm³/mol. The minimum Gasteiger partial charge on any atom is -0.496 e. The molecule has 3 aromatic rings. The SMILES string of the molecule is COc1ccc(C(=O)Nc2ccc(-c3onc4c3CCCC4)cc2)cc1C(F)(F)F. The molecule has 5 nitrogen and oxygen atoms in total. The Kier molecular flexibility index (Phi) is 5.24. The zero-order valence-corrected chi connectivity index (χ0v) is 16.2. The van der Waals surface area contributed by atoms with E-state index in [1.165, 1.54) is 6.07 Å². The first kappa shape index (κ1) is 20.0. The van der Waals surface area contributed by atoms with Crippen LogP contribution in [0.3, 0.4) is 0 Å². The molecule has 0 radical (unpaired) electrons. The third-order valence-corrected chi connectivity index (χ3v) is 5.13. The van der Waals surface area contributed by atoms with E-state index in [0.29, 0.717) is 5.69 Å². The first-order valence-corrected chi connectivity index (χ1v) is 9.51. The van der Waals surface area contributed by atoms with Gasteiger partial charge in [-0.15, -0.1) is 0 Å². The highest BCUT2D eigenvalue weighted by Gasteiger charge is 2.35. The summed E-state index contributed by atoms with van der Waals surface area (Å²) < 4.78 is 49.8. The van der Waals surface area contributed by atoms with Gasteiger partial charge in [0.1, 0.15) is 5.75 Å². The number of fused-ring (bicyclic) bond motifs is 1. The van der Waals surface area contributed by atoms with E-state index < -0.39 is 17.6 Å². The maximum absolute atomic E-state index is 13.2. The van der Waals surface area contributed by atoms with Gasteiger partial charge in [0.2, 0.25) is 0 Å². The molecule has 0 saturated heterocycles. The number of hydrogen-bond donors (Lipinski definition) is 1. The van der Waals surface area contributed by atoms with Crippen LogP contribution in [-0.4, -0.2) is 18.2 Å². The third kappa shape index (κ3) is 3.90. The van der Waals surface area contributed by atoms with Gasteiger partial charge in [0, 0.05) is 22.4 Å². The molecule has 0 unspecified atom stereocenters. The fourth-order valence-corrected chi connectivity index (χ4v) is 3.60. The Bertz CT molecular complexity index is 1070. The van der Waals surface area contributed by atoms with E-state index in [2.05, 4.69) is 10.5 Å². The van der Waals surface area contributed by atoms with Gasteiger partial charge in [0.25, 0.3) is 5.91 Å². The fraction of sp³-hybridized carbons (Fsp3) is 0.273. The summed E-state index contributed by atoms with van der Waals surface area (Å²) in [7, 11) is 1.15. The van der Waals surface area contributed by atoms with Gasteiger partial charge in [-0.25, -0.2) is 0 Å². The summed E-state index contributed by atoms with van der Waals surface area (Å²) in [6.07, 6.45) is -0.595. The first-order valence-electron chi connectivity index (χ1n) is 9.51. The second kappa shape index (κ2) is 7.85. The maximum Gasteiger partial charge on any atom is 0.419 e. The third-order valence-electron chi connectivity index (χ3n) is 5.13. The molecule has 30 heavy (non-hydrogen) atoms. The van der Waals surface area contributed by atoms with E-state index in [9.17, 15) is 18.0 Å². The number of halogens is 3. The summed E-state index contributed by atoms with van der Waals surface area (Å²) >= 11 is 0. The van der Waals surface area contributed by atoms with Crippen LogP contribution in [0.4, 0.5) is 18.9 Å². The topological polar surface area (TPSA) is 64.4 Å². The van der Waals surface area contributed by atoms with E-state index in [-0.39, 0.29) is 11.3 Å². The molecule has 1 aliphatic carbocycles. The van der Waals surface area contributed by atoms with Crippen LogP contribution in [0.15, 0.2) is 47.0 Å². The number of anilines is 1. The van der Waals surface area contributed by atoms with Crippen LogP contribution in [0, 0.1) is 0 Å². The lowest BCUT2D eigenvalue weighted by Gasteiger charge is -2.13. The largest absolute Gasteiger partial charge is 0.496 e. The van der Waals surface area contributed by atoms with E-state index in [1.54, 1.807) is 24.3 Å². The lowest BCUT2D eigenvalue weighted by Crippen LogP contribution is -2.14. The molecule has 8 heteroatoms. The average Bonchev–Trinajstić information content (AvgIpc) is 3.17. The number of alkyl halides is 3. The summed E-state index contributed by atoms with van der Waals surface area (Å²) in [6, 6.07) is 10.1. The van der Waals surface area contributed by atoms with Gasteiger partial charge in [-0.05, 0) is 68.1 Å². The van der Waals surface area contributed by atoms with Crippen molar-refractivity contribution in [1.82, 2.24) is 5.16 Å². The fourth-order valence-electron chi connectivity index (χ4n) is 3.60. The molecular formula is C22H19F3N2O3. The summed E-state index contributed by atoms with van der Waals surface area (Å²) in [5.74, 6) is -0.251. The van der Waals surface area contributed by atoms with E-state index in [0.717, 1.165) is 67.5 Å². The predicted octanol–water partition coefficient (Wildman–Crippen LogP) is 5.50. The Morgan fingerprint density at radius 2 is 1.83 bits per heavy atom. The number of rotatable bonds is 4. The quantitative estimate of drug-likeness (QED) is 0.610. The number of aromatic nitrogens is 1. The van der Waals surface area contributed by atoms with Crippen molar-refractivity contribution in [3.8, 4) is 17.1 Å². The molecule has 0 spiro atoms. The lowest BCUT2D eigenvalue weighted by atomic mass is 9.94. The van der Waals surface area contributed by atoms with E-state index in [1.807, 2.05) is 0 Å². The lowest BCUT2D eigenvalue weighted by molar-refractivity contribution is -0.138. The molecule has 0 aliphatic heterocycles. The average molecular weight is 416 g/mol. The van der Waals surface area contributed by atoms with Gasteiger partial charge in [-0.1, -0.05) is 5.16 Å². The van der Waals surface area contributed by atoms with Gasteiger partial charge >= 0.3 is 6.18 Å². The molecule has 0 atom stereocenters. The molecular weight excluding hydrogens is 397 g/mol. The minimum atomic E-state index is -4.63. The van der Waals surface area contributed by atoms with Crippen molar-refractivity contribution in [1.29, 1.82) is 0 Å². The number of benzene rings is 2. The zero-order valence-electron chi connectivity index (χ0n) is 16.2. The number of carbonyl (C=O) groups is 1. The second-order valence-corrected chi connectivity index (χ2v) is 7.09. The number of ether oxygens (including phenoxy) is 1. The summed E-state index contributed by atoms with van der Waals surface area (Å²) in [5.41, 5.74) is 2.30. The van der Waals surface area contributed by atoms with Crippen LogP contribution in [0.1, 0.15) is 40.0 Å². The highest BCUT2D eigenvalue weighted by molar-refractivity contribution is 6.04. The van der Waals surface area contributed by atoms with Crippen LogP contribution in [-0.2, 0) is 19.0 Å². The van der Waals surface area contributed by atoms with Crippen molar-refractivity contribution in [2.45, 2.75) is 31.9 Å². The Morgan fingerprint density at radius 1 is 1.10 bits per heavy atom. The van der Waals surface area contributed by atoms with Crippen molar-refractivity contribution >= 4 is 11.6 Å². The highest BCUT2D eigenvalue weighted by Crippen LogP contribution is 2.37. The molecule has 1 heterocycles. The maximum atomic E-state index is 13.2. The molecule has 156 valence electrons. The molecule has 0 bridgehead atoms. The first-order chi connectivity index (χ1) is 14.4. The summed E-state index contributed by atoms with van der Waals surface area (Å²) in [5, 5.41) is 6.75. The van der Waals surface area contributed by atoms with Crippen molar-refractivity contribution in [2.24, 2.45) is 0 Å². The van der Waals surface area contributed by atoms with Crippen molar-refractivity contribution in [3.05, 3.63) is 64.8 Å². The smallest absolute Gasteiger partial charge is 0.419 e. The van der Waals surface area contributed by atoms with Gasteiger partial charge in [0.15, 0.2) is 5.76 Å². The number of methoxy groups -OCH3 is 1. The number of amides is 1. The summed E-state index contributed by atoms with van der Waals surface area (Å²) in [4.78, 5) is 12.5. The van der Waals surface area contributed by atoms with Gasteiger partial charge < -0.3 is 14.6 Å². The number of carbonyl (C=O) groups excluding carboxylic acids is 1. The van der Waals surface area contributed by atoms with Gasteiger partial charge in [-0.2, -0.15) is 13.2 Å². The molecule has 2 aromatic carbocycles. The molecule has 4 rings (SSSR count). The molecule has 1 aromatic heterocycles.